The van der Waals surface area contributed by atoms with Gasteiger partial charge in [-0.15, -0.1) is 12.4 Å². The molecule has 1 aliphatic heterocycles. The lowest BCUT2D eigenvalue weighted by Gasteiger charge is -2.19. The Bertz CT molecular complexity index is 417. The van der Waals surface area contributed by atoms with Gasteiger partial charge in [0.05, 0.1) is 0 Å². The maximum atomic E-state index is 12.1. The molecule has 1 aromatic rings. The molecule has 5 heteroatoms. The fourth-order valence-corrected chi connectivity index (χ4v) is 2.87. The van der Waals surface area contributed by atoms with E-state index >= 15 is 0 Å². The fourth-order valence-electron chi connectivity index (χ4n) is 2.51. The molecule has 1 saturated heterocycles. The van der Waals surface area contributed by atoms with Crippen molar-refractivity contribution in [2.24, 2.45) is 0 Å². The van der Waals surface area contributed by atoms with E-state index < -0.39 is 0 Å². The van der Waals surface area contributed by atoms with Crippen LogP contribution in [0.4, 0.5) is 0 Å². The van der Waals surface area contributed by atoms with Crippen molar-refractivity contribution in [1.82, 2.24) is 10.2 Å². The van der Waals surface area contributed by atoms with Crippen molar-refractivity contribution >= 4 is 40.9 Å². The van der Waals surface area contributed by atoms with Crippen LogP contribution in [-0.4, -0.2) is 37.0 Å². The molecule has 0 aliphatic carbocycles. The second-order valence-corrected chi connectivity index (χ2v) is 6.56. The minimum Gasteiger partial charge on any atom is -0.341 e. The zero-order chi connectivity index (χ0) is 14.2. The number of halogens is 2. The number of carbonyl (C=O) groups is 1. The van der Waals surface area contributed by atoms with Gasteiger partial charge >= 0.3 is 0 Å². The van der Waals surface area contributed by atoms with Crippen LogP contribution in [-0.2, 0) is 11.2 Å². The Morgan fingerprint density at radius 1 is 1.14 bits per heavy atom. The number of rotatable bonds is 5. The molecular formula is C16H24ClIN2O. The van der Waals surface area contributed by atoms with Crippen LogP contribution in [0.1, 0.15) is 31.2 Å². The van der Waals surface area contributed by atoms with E-state index in [2.05, 4.69) is 52.2 Å². The number of nitrogens with zero attached hydrogens (tertiary/aromatic N) is 1. The lowest BCUT2D eigenvalue weighted by Crippen LogP contribution is -2.33. The van der Waals surface area contributed by atoms with Crippen LogP contribution in [0.15, 0.2) is 24.3 Å². The third kappa shape index (κ3) is 6.98. The highest BCUT2D eigenvalue weighted by atomic mass is 127. The molecule has 0 saturated carbocycles. The van der Waals surface area contributed by atoms with E-state index in [1.807, 2.05) is 4.90 Å². The first-order valence-electron chi connectivity index (χ1n) is 7.48. The Hall–Kier alpha value is -0.330. The summed E-state index contributed by atoms with van der Waals surface area (Å²) in [6.45, 7) is 3.77. The first kappa shape index (κ1) is 18.7. The van der Waals surface area contributed by atoms with Gasteiger partial charge in [0.25, 0.3) is 0 Å². The van der Waals surface area contributed by atoms with Crippen molar-refractivity contribution < 1.29 is 4.79 Å². The summed E-state index contributed by atoms with van der Waals surface area (Å²) in [6, 6.07) is 8.66. The maximum Gasteiger partial charge on any atom is 0.222 e. The van der Waals surface area contributed by atoms with Crippen LogP contribution in [0.3, 0.4) is 0 Å². The van der Waals surface area contributed by atoms with E-state index in [9.17, 15) is 4.79 Å². The van der Waals surface area contributed by atoms with Gasteiger partial charge < -0.3 is 10.2 Å². The Morgan fingerprint density at radius 3 is 2.67 bits per heavy atom. The molecular weight excluding hydrogens is 399 g/mol. The number of hydrogen-bond acceptors (Lipinski definition) is 2. The molecule has 1 N–H and O–H groups in total. The molecule has 1 fully saturated rings. The first-order chi connectivity index (χ1) is 9.75. The Kier molecular flexibility index (Phi) is 9.27. The number of nitrogens with one attached hydrogen (secondary N) is 1. The van der Waals surface area contributed by atoms with Crippen molar-refractivity contribution in [1.29, 1.82) is 0 Å². The molecule has 1 aliphatic rings. The summed E-state index contributed by atoms with van der Waals surface area (Å²) in [5.74, 6) is 0.330. The number of unbranched alkanes of at least 4 members (excludes halogenated alkanes) is 1. The predicted molar refractivity (Wildman–Crippen MR) is 98.0 cm³/mol. The van der Waals surface area contributed by atoms with Gasteiger partial charge in [0.1, 0.15) is 0 Å². The van der Waals surface area contributed by atoms with Crippen LogP contribution in [0.25, 0.3) is 0 Å². The highest BCUT2D eigenvalue weighted by Crippen LogP contribution is 2.11. The number of benzene rings is 1. The Labute approximate surface area is 147 Å². The maximum absolute atomic E-state index is 12.1. The third-order valence-corrected chi connectivity index (χ3v) is 4.43. The van der Waals surface area contributed by atoms with Gasteiger partial charge in [-0.1, -0.05) is 12.1 Å². The molecule has 1 heterocycles. The zero-order valence-electron chi connectivity index (χ0n) is 12.3. The van der Waals surface area contributed by atoms with E-state index in [1.165, 1.54) is 9.13 Å². The molecule has 0 spiro atoms. The Morgan fingerprint density at radius 2 is 1.90 bits per heavy atom. The van der Waals surface area contributed by atoms with Gasteiger partial charge in [0, 0.05) is 29.6 Å². The minimum absolute atomic E-state index is 0. The summed E-state index contributed by atoms with van der Waals surface area (Å²) >= 11 is 2.32. The molecule has 21 heavy (non-hydrogen) atoms. The van der Waals surface area contributed by atoms with Crippen molar-refractivity contribution in [2.75, 3.05) is 26.2 Å². The summed E-state index contributed by atoms with van der Waals surface area (Å²) in [5.41, 5.74) is 1.37. The van der Waals surface area contributed by atoms with Crippen molar-refractivity contribution in [3.63, 3.8) is 0 Å². The van der Waals surface area contributed by atoms with E-state index in [0.717, 1.165) is 51.9 Å². The van der Waals surface area contributed by atoms with E-state index in [-0.39, 0.29) is 12.4 Å². The largest absolute Gasteiger partial charge is 0.341 e. The topological polar surface area (TPSA) is 32.3 Å². The number of amides is 1. The summed E-state index contributed by atoms with van der Waals surface area (Å²) in [5, 5.41) is 3.33. The van der Waals surface area contributed by atoms with Crippen LogP contribution in [0.5, 0.6) is 0 Å². The molecule has 3 nitrogen and oxygen atoms in total. The summed E-state index contributed by atoms with van der Waals surface area (Å²) < 4.78 is 1.27. The standard InChI is InChI=1S/C16H23IN2O.ClH/c17-15-8-6-14(7-9-15)4-1-2-5-16(20)19-12-3-10-18-11-13-19;/h6-9,18H,1-5,10-13H2;1H. The van der Waals surface area contributed by atoms with Gasteiger partial charge in [-0.3, -0.25) is 4.79 Å². The molecule has 2 rings (SSSR count). The smallest absolute Gasteiger partial charge is 0.222 e. The summed E-state index contributed by atoms with van der Waals surface area (Å²) in [4.78, 5) is 14.1. The van der Waals surface area contributed by atoms with Gasteiger partial charge in [0.15, 0.2) is 0 Å². The third-order valence-electron chi connectivity index (χ3n) is 3.71. The molecule has 118 valence electrons. The van der Waals surface area contributed by atoms with E-state index in [0.29, 0.717) is 12.3 Å². The van der Waals surface area contributed by atoms with Gasteiger partial charge in [0.2, 0.25) is 5.91 Å². The fraction of sp³-hybridized carbons (Fsp3) is 0.562. The number of hydrogen-bond donors (Lipinski definition) is 1. The highest BCUT2D eigenvalue weighted by molar-refractivity contribution is 14.1. The van der Waals surface area contributed by atoms with Gasteiger partial charge in [-0.05, 0) is 72.5 Å². The lowest BCUT2D eigenvalue weighted by molar-refractivity contribution is -0.131. The van der Waals surface area contributed by atoms with E-state index in [1.54, 1.807) is 0 Å². The second kappa shape index (κ2) is 10.4. The molecule has 0 atom stereocenters. The number of carbonyl (C=O) groups excluding carboxylic acids is 1. The quantitative estimate of drug-likeness (QED) is 0.583. The van der Waals surface area contributed by atoms with E-state index in [4.69, 9.17) is 0 Å². The molecule has 0 bridgehead atoms. The molecule has 0 aromatic heterocycles. The minimum atomic E-state index is 0. The zero-order valence-corrected chi connectivity index (χ0v) is 15.3. The molecule has 1 amide bonds. The van der Waals surface area contributed by atoms with Gasteiger partial charge in [-0.25, -0.2) is 0 Å². The van der Waals surface area contributed by atoms with Crippen LogP contribution in [0.2, 0.25) is 0 Å². The monoisotopic (exact) mass is 422 g/mol. The number of aryl methyl sites for hydroxylation is 1. The SMILES string of the molecule is Cl.O=C(CCCCc1ccc(I)cc1)N1CCCNCC1. The molecule has 0 unspecified atom stereocenters. The van der Waals surface area contributed by atoms with Crippen LogP contribution >= 0.6 is 35.0 Å². The van der Waals surface area contributed by atoms with Crippen molar-refractivity contribution in [2.45, 2.75) is 32.1 Å². The summed E-state index contributed by atoms with van der Waals surface area (Å²) in [6.07, 6.45) is 4.94. The van der Waals surface area contributed by atoms with Gasteiger partial charge in [-0.2, -0.15) is 0 Å². The molecule has 1 aromatic carbocycles. The average molecular weight is 423 g/mol. The normalized spacial score (nSPS) is 15.2. The van der Waals surface area contributed by atoms with Crippen molar-refractivity contribution in [3.05, 3.63) is 33.4 Å². The Balaban J connectivity index is 0.00000220. The highest BCUT2D eigenvalue weighted by Gasteiger charge is 2.14. The first-order valence-corrected chi connectivity index (χ1v) is 8.56. The predicted octanol–water partition coefficient (Wildman–Crippen LogP) is 3.25. The average Bonchev–Trinajstić information content (AvgIpc) is 2.74. The summed E-state index contributed by atoms with van der Waals surface area (Å²) in [7, 11) is 0. The van der Waals surface area contributed by atoms with Crippen molar-refractivity contribution in [3.8, 4) is 0 Å². The van der Waals surface area contributed by atoms with Crippen LogP contribution in [0, 0.1) is 3.57 Å². The van der Waals surface area contributed by atoms with Crippen LogP contribution < -0.4 is 5.32 Å². The molecule has 0 radical (unpaired) electrons. The second-order valence-electron chi connectivity index (χ2n) is 5.32. The lowest BCUT2D eigenvalue weighted by atomic mass is 10.1.